The van der Waals surface area contributed by atoms with Crippen molar-refractivity contribution in [2.75, 3.05) is 0 Å². The molecule has 0 saturated heterocycles. The van der Waals surface area contributed by atoms with Gasteiger partial charge in [0.05, 0.1) is 11.0 Å². The Labute approximate surface area is 267 Å². The molecule has 0 aliphatic carbocycles. The monoisotopic (exact) mass is 587 g/mol. The molecule has 1 aromatic heterocycles. The molecule has 46 heavy (non-hydrogen) atoms. The Kier molecular flexibility index (Phi) is 5.37. The number of hydrogen-bond acceptors (Lipinski definition) is 2. The van der Waals surface area contributed by atoms with Crippen LogP contribution in [0.4, 0.5) is 0 Å². The van der Waals surface area contributed by atoms with Gasteiger partial charge in [-0.05, 0) is 70.3 Å². The van der Waals surface area contributed by atoms with Crippen LogP contribution in [0.25, 0.3) is 60.9 Å². The largest absolute Gasteiger partial charge is 0.551 e. The predicted molar refractivity (Wildman–Crippen MR) is 189 cm³/mol. The molecule has 0 N–H and O–H groups in total. The van der Waals surface area contributed by atoms with E-state index in [1.807, 2.05) is 0 Å². The molecule has 8 aromatic rings. The minimum Gasteiger partial charge on any atom is -0.551 e. The molecule has 3 nitrogen and oxygen atoms in total. The van der Waals surface area contributed by atoms with Crippen LogP contribution < -0.4 is 20.3 Å². The van der Waals surface area contributed by atoms with Gasteiger partial charge in [-0.25, -0.2) is 0 Å². The van der Waals surface area contributed by atoms with Crippen molar-refractivity contribution in [2.45, 2.75) is 0 Å². The quantitative estimate of drug-likeness (QED) is 0.192. The van der Waals surface area contributed by atoms with Crippen LogP contribution in [0.3, 0.4) is 0 Å². The molecule has 10 rings (SSSR count). The predicted octanol–water partition coefficient (Wildman–Crippen LogP) is 9.39. The summed E-state index contributed by atoms with van der Waals surface area (Å²) < 4.78 is 15.8. The zero-order valence-corrected chi connectivity index (χ0v) is 24.9. The van der Waals surface area contributed by atoms with E-state index in [1.54, 1.807) is 0 Å². The number of hydrogen-bond donors (Lipinski definition) is 0. The highest BCUT2D eigenvalue weighted by molar-refractivity contribution is 6.84. The topological polar surface area (TPSA) is 23.4 Å². The first-order chi connectivity index (χ1) is 22.8. The fraction of sp³-hybridized carbons (Fsp3) is 0. The fourth-order valence-corrected chi connectivity index (χ4v) is 7.36. The normalized spacial score (nSPS) is 12.7. The lowest BCUT2D eigenvalue weighted by Crippen LogP contribution is -2.53. The molecule has 0 bridgehead atoms. The first-order valence-corrected chi connectivity index (χ1v) is 15.7. The van der Waals surface area contributed by atoms with Crippen LogP contribution in [0.15, 0.2) is 158 Å². The van der Waals surface area contributed by atoms with Gasteiger partial charge in [-0.15, -0.1) is 0 Å². The second-order valence-electron chi connectivity index (χ2n) is 12.1. The van der Waals surface area contributed by atoms with Gasteiger partial charge in [0.25, 0.3) is 0 Å². The second-order valence-corrected chi connectivity index (χ2v) is 12.1. The van der Waals surface area contributed by atoms with Gasteiger partial charge < -0.3 is 14.0 Å². The van der Waals surface area contributed by atoms with E-state index in [-0.39, 0.29) is 6.92 Å². The van der Waals surface area contributed by atoms with Gasteiger partial charge in [0.2, 0.25) is 0 Å². The van der Waals surface area contributed by atoms with Gasteiger partial charge in [0, 0.05) is 39.0 Å². The maximum atomic E-state index is 6.83. The van der Waals surface area contributed by atoms with Crippen molar-refractivity contribution in [1.29, 1.82) is 0 Å². The smallest absolute Gasteiger partial charge is 0.434 e. The molecule has 0 unspecified atom stereocenters. The fourth-order valence-electron chi connectivity index (χ4n) is 7.36. The van der Waals surface area contributed by atoms with Gasteiger partial charge in [0.1, 0.15) is 17.2 Å². The molecular weight excluding hydrogens is 561 g/mol. The third-order valence-electron chi connectivity index (χ3n) is 9.48. The van der Waals surface area contributed by atoms with Gasteiger partial charge in [-0.3, -0.25) is 0 Å². The van der Waals surface area contributed by atoms with Crippen molar-refractivity contribution >= 4 is 39.6 Å². The highest BCUT2D eigenvalue weighted by atomic mass is 16.5. The number of benzene rings is 7. The SMILES string of the molecule is c1ccc(-c2cccc(-c3ccc4c(c3)-c3cccc5c3B(O4)c3ccc(-n4c6ccccc6c6ccccc64)cc3O5)c2)cc1. The average Bonchev–Trinajstić information content (AvgIpc) is 3.46. The Bertz CT molecular complexity index is 2440. The van der Waals surface area contributed by atoms with E-state index >= 15 is 0 Å². The Morgan fingerprint density at radius 2 is 1.11 bits per heavy atom. The van der Waals surface area contributed by atoms with Gasteiger partial charge in [-0.1, -0.05) is 109 Å². The Hall–Kier alpha value is -6.00. The summed E-state index contributed by atoms with van der Waals surface area (Å²) >= 11 is 0. The lowest BCUT2D eigenvalue weighted by molar-refractivity contribution is 0.479. The molecule has 0 radical (unpaired) electrons. The van der Waals surface area contributed by atoms with Crippen LogP contribution in [0.2, 0.25) is 0 Å². The van der Waals surface area contributed by atoms with E-state index in [0.717, 1.165) is 50.6 Å². The van der Waals surface area contributed by atoms with Crippen LogP contribution in [-0.2, 0) is 0 Å². The number of ether oxygens (including phenoxy) is 1. The summed E-state index contributed by atoms with van der Waals surface area (Å²) in [5.41, 5.74) is 12.5. The van der Waals surface area contributed by atoms with E-state index < -0.39 is 0 Å². The number of rotatable bonds is 3. The number of fused-ring (bicyclic) bond motifs is 7. The summed E-state index contributed by atoms with van der Waals surface area (Å²) in [5.74, 6) is 2.56. The van der Waals surface area contributed by atoms with Crippen LogP contribution in [0.5, 0.6) is 17.2 Å². The molecule has 0 amide bonds. The summed E-state index contributed by atoms with van der Waals surface area (Å²) in [5, 5.41) is 2.48. The van der Waals surface area contributed by atoms with Crippen molar-refractivity contribution < 1.29 is 9.39 Å². The molecule has 7 aromatic carbocycles. The third kappa shape index (κ3) is 3.74. The summed E-state index contributed by atoms with van der Waals surface area (Å²) in [7, 11) is 0. The van der Waals surface area contributed by atoms with Crippen molar-refractivity contribution in [3.63, 3.8) is 0 Å². The van der Waals surface area contributed by atoms with Crippen LogP contribution in [-0.4, -0.2) is 11.5 Å². The minimum atomic E-state index is -0.248. The first-order valence-electron chi connectivity index (χ1n) is 15.7. The van der Waals surface area contributed by atoms with E-state index in [1.165, 1.54) is 38.5 Å². The van der Waals surface area contributed by atoms with E-state index in [9.17, 15) is 0 Å². The Morgan fingerprint density at radius 1 is 0.435 bits per heavy atom. The van der Waals surface area contributed by atoms with Crippen LogP contribution >= 0.6 is 0 Å². The first kappa shape index (κ1) is 25.3. The van der Waals surface area contributed by atoms with Gasteiger partial charge in [0.15, 0.2) is 0 Å². The van der Waals surface area contributed by atoms with Crippen molar-refractivity contribution in [3.8, 4) is 56.3 Å². The maximum Gasteiger partial charge on any atom is 0.434 e. The van der Waals surface area contributed by atoms with Gasteiger partial charge in [-0.2, -0.15) is 0 Å². The minimum absolute atomic E-state index is 0.248. The van der Waals surface area contributed by atoms with Crippen molar-refractivity contribution in [1.82, 2.24) is 4.57 Å². The summed E-state index contributed by atoms with van der Waals surface area (Å²) in [6, 6.07) is 55.8. The van der Waals surface area contributed by atoms with E-state index in [4.69, 9.17) is 9.39 Å². The van der Waals surface area contributed by atoms with Gasteiger partial charge >= 0.3 is 6.92 Å². The van der Waals surface area contributed by atoms with Crippen molar-refractivity contribution in [2.24, 2.45) is 0 Å². The third-order valence-corrected chi connectivity index (χ3v) is 9.48. The molecule has 0 spiro atoms. The van der Waals surface area contributed by atoms with Crippen molar-refractivity contribution in [3.05, 3.63) is 158 Å². The highest BCUT2D eigenvalue weighted by Crippen LogP contribution is 2.42. The molecule has 3 heterocycles. The molecule has 0 atom stereocenters. The molecule has 2 aliphatic heterocycles. The lowest BCUT2D eigenvalue weighted by Gasteiger charge is -2.33. The second kappa shape index (κ2) is 9.75. The van der Waals surface area contributed by atoms with E-state index in [2.05, 4.69) is 162 Å². The number of nitrogens with zero attached hydrogens (tertiary/aromatic N) is 1. The maximum absolute atomic E-state index is 6.83. The number of para-hydroxylation sites is 2. The summed E-state index contributed by atoms with van der Waals surface area (Å²) in [6.45, 7) is -0.248. The lowest BCUT2D eigenvalue weighted by atomic mass is 9.51. The molecule has 4 heteroatoms. The molecule has 0 fully saturated rings. The molecular formula is C42H26BNO2. The Balaban J connectivity index is 1.07. The molecule has 214 valence electrons. The average molecular weight is 587 g/mol. The highest BCUT2D eigenvalue weighted by Gasteiger charge is 2.40. The van der Waals surface area contributed by atoms with Crippen LogP contribution in [0, 0.1) is 0 Å². The standard InChI is InChI=1S/C42H26BNO2/c1-2-10-27(11-3-1)28-12-8-13-29(24-28)30-20-23-39-35(25-30)34-16-9-19-40-42(34)43(46-39)36-22-21-31(26-41(36)45-40)44-37-17-6-4-14-32(37)33-15-5-7-18-38(33)44/h1-26H. The number of aromatic nitrogens is 1. The summed E-state index contributed by atoms with van der Waals surface area (Å²) in [4.78, 5) is 0. The van der Waals surface area contributed by atoms with Crippen LogP contribution in [0.1, 0.15) is 0 Å². The zero-order valence-electron chi connectivity index (χ0n) is 24.9. The van der Waals surface area contributed by atoms with E-state index in [0.29, 0.717) is 0 Å². The summed E-state index contributed by atoms with van der Waals surface area (Å²) in [6.07, 6.45) is 0. The Morgan fingerprint density at radius 3 is 1.91 bits per heavy atom. The molecule has 0 saturated carbocycles. The zero-order chi connectivity index (χ0) is 30.2. The molecule has 2 aliphatic rings.